The highest BCUT2D eigenvalue weighted by atomic mass is 16.8. The Kier molecular flexibility index (Phi) is 10.2. The van der Waals surface area contributed by atoms with Crippen LogP contribution in [0.2, 0.25) is 0 Å². The zero-order chi connectivity index (χ0) is 34.5. The molecule has 0 aliphatic carbocycles. The van der Waals surface area contributed by atoms with Crippen LogP contribution >= 0.6 is 0 Å². The van der Waals surface area contributed by atoms with E-state index in [2.05, 4.69) is 24.3 Å². The van der Waals surface area contributed by atoms with Gasteiger partial charge in [-0.2, -0.15) is 0 Å². The number of hydrogen-bond acceptors (Lipinski definition) is 7. The Bertz CT molecular complexity index is 1720. The number of rotatable bonds is 11. The molecule has 0 spiro atoms. The molecular formula is C40H44N2O7. The summed E-state index contributed by atoms with van der Waals surface area (Å²) >= 11 is 0. The second-order valence-corrected chi connectivity index (χ2v) is 13.0. The first kappa shape index (κ1) is 34.0. The fourth-order valence-electron chi connectivity index (χ4n) is 7.01. The highest BCUT2D eigenvalue weighted by Crippen LogP contribution is 2.41. The lowest BCUT2D eigenvalue weighted by Crippen LogP contribution is -2.51. The molecule has 49 heavy (non-hydrogen) atoms. The molecule has 0 aromatic heterocycles. The van der Waals surface area contributed by atoms with Crippen LogP contribution in [0.5, 0.6) is 11.5 Å². The van der Waals surface area contributed by atoms with Crippen molar-refractivity contribution in [3.8, 4) is 11.5 Å². The first-order chi connectivity index (χ1) is 23.7. The highest BCUT2D eigenvalue weighted by molar-refractivity contribution is 5.89. The molecule has 9 heteroatoms. The smallest absolute Gasteiger partial charge is 0.337 e. The number of fused-ring (bicyclic) bond motifs is 1. The number of hydrogen-bond donors (Lipinski definition) is 0. The maximum atomic E-state index is 15.3. The minimum atomic E-state index is -0.888. The van der Waals surface area contributed by atoms with E-state index in [1.807, 2.05) is 90.4 Å². The van der Waals surface area contributed by atoms with Gasteiger partial charge in [-0.1, -0.05) is 72.8 Å². The van der Waals surface area contributed by atoms with Crippen molar-refractivity contribution in [1.29, 1.82) is 0 Å². The Balaban J connectivity index is 1.50. The molecule has 2 amide bonds. The predicted octanol–water partition coefficient (Wildman–Crippen LogP) is 6.67. The van der Waals surface area contributed by atoms with E-state index in [4.69, 9.17) is 23.7 Å². The topological polar surface area (TPSA) is 86.8 Å². The molecule has 4 aromatic rings. The minimum absolute atomic E-state index is 0.161. The molecular weight excluding hydrogens is 620 g/mol. The molecule has 2 saturated heterocycles. The zero-order valence-corrected chi connectivity index (χ0v) is 28.7. The van der Waals surface area contributed by atoms with Gasteiger partial charge in [-0.3, -0.25) is 0 Å². The molecule has 2 aliphatic heterocycles. The minimum Gasteiger partial charge on any atom is -0.497 e. The van der Waals surface area contributed by atoms with Crippen LogP contribution in [-0.4, -0.2) is 73.2 Å². The number of urea groups is 1. The van der Waals surface area contributed by atoms with Crippen molar-refractivity contribution in [2.75, 3.05) is 21.3 Å². The monoisotopic (exact) mass is 664 g/mol. The molecule has 0 radical (unpaired) electrons. The number of benzene rings is 4. The standard InChI is InChI=1S/C40H44N2O7/c1-40(2)48-36-34(22-27-13-8-6-9-14-27)41(25-29-17-12-18-31(19-29)38(43)47-5)39(44)42(26-30-20-32(45-3)24-33(21-30)46-4)35(37(36)49-40)23-28-15-10-7-11-16-28/h6-21,24,34-37H,22-23,25-26H2,1-5H3/t34-,35-,36+,37+/m1/s1. The summed E-state index contributed by atoms with van der Waals surface area (Å²) in [7, 11) is 4.59. The van der Waals surface area contributed by atoms with Gasteiger partial charge in [0.25, 0.3) is 0 Å². The van der Waals surface area contributed by atoms with Crippen molar-refractivity contribution in [2.45, 2.75) is 69.9 Å². The number of ether oxygens (including phenoxy) is 5. The summed E-state index contributed by atoms with van der Waals surface area (Å²) in [6.07, 6.45) is 0.189. The van der Waals surface area contributed by atoms with E-state index in [1.54, 1.807) is 26.4 Å². The Morgan fingerprint density at radius 2 is 1.14 bits per heavy atom. The lowest BCUT2D eigenvalue weighted by molar-refractivity contribution is -0.157. The van der Waals surface area contributed by atoms with E-state index in [0.717, 1.165) is 22.3 Å². The zero-order valence-electron chi connectivity index (χ0n) is 28.7. The summed E-state index contributed by atoms with van der Waals surface area (Å²) in [5.74, 6) is -0.0556. The Morgan fingerprint density at radius 1 is 0.653 bits per heavy atom. The van der Waals surface area contributed by atoms with Gasteiger partial charge in [-0.15, -0.1) is 0 Å². The second-order valence-electron chi connectivity index (χ2n) is 13.0. The van der Waals surface area contributed by atoms with Crippen LogP contribution in [0.1, 0.15) is 46.5 Å². The molecule has 2 heterocycles. The number of carbonyl (C=O) groups is 2. The van der Waals surface area contributed by atoms with Crippen molar-refractivity contribution in [3.05, 3.63) is 131 Å². The van der Waals surface area contributed by atoms with Gasteiger partial charge in [0.15, 0.2) is 5.79 Å². The summed E-state index contributed by atoms with van der Waals surface area (Å²) in [5, 5.41) is 0. The van der Waals surface area contributed by atoms with Crippen LogP contribution in [0.4, 0.5) is 4.79 Å². The van der Waals surface area contributed by atoms with E-state index < -0.39 is 30.0 Å². The Hall–Kier alpha value is -4.86. The fourth-order valence-corrected chi connectivity index (χ4v) is 7.01. The first-order valence-electron chi connectivity index (χ1n) is 16.6. The molecule has 4 atom stereocenters. The molecule has 0 saturated carbocycles. The van der Waals surface area contributed by atoms with Crippen LogP contribution in [0.25, 0.3) is 0 Å². The number of nitrogens with zero attached hydrogens (tertiary/aromatic N) is 2. The third kappa shape index (κ3) is 7.74. The summed E-state index contributed by atoms with van der Waals surface area (Å²) < 4.78 is 29.8. The number of amides is 2. The van der Waals surface area contributed by atoms with Gasteiger partial charge in [0.05, 0.1) is 39.0 Å². The van der Waals surface area contributed by atoms with Crippen LogP contribution in [0.3, 0.4) is 0 Å². The van der Waals surface area contributed by atoms with Gasteiger partial charge in [0.1, 0.15) is 23.7 Å². The maximum Gasteiger partial charge on any atom is 0.337 e. The van der Waals surface area contributed by atoms with Crippen molar-refractivity contribution in [1.82, 2.24) is 9.80 Å². The summed E-state index contributed by atoms with van der Waals surface area (Å²) in [4.78, 5) is 31.6. The normalized spacial score (nSPS) is 21.5. The SMILES string of the molecule is COC(=O)c1cccc(CN2C(=O)N(Cc3cc(OC)cc(OC)c3)[C@H](Cc3ccccc3)[C@@H]3OC(C)(C)O[C@H]3[C@H]2Cc2ccccc2)c1. The van der Waals surface area contributed by atoms with Crippen molar-refractivity contribution < 1.29 is 33.3 Å². The number of methoxy groups -OCH3 is 3. The van der Waals surface area contributed by atoms with Gasteiger partial charge in [-0.05, 0) is 73.2 Å². The van der Waals surface area contributed by atoms with E-state index in [-0.39, 0.29) is 25.2 Å². The van der Waals surface area contributed by atoms with Gasteiger partial charge in [0.2, 0.25) is 0 Å². The largest absolute Gasteiger partial charge is 0.497 e. The van der Waals surface area contributed by atoms with E-state index >= 15 is 4.79 Å². The maximum absolute atomic E-state index is 15.3. The Morgan fingerprint density at radius 3 is 1.63 bits per heavy atom. The molecule has 0 N–H and O–H groups in total. The lowest BCUT2D eigenvalue weighted by Gasteiger charge is -2.37. The highest BCUT2D eigenvalue weighted by Gasteiger charge is 2.55. The third-order valence-electron chi connectivity index (χ3n) is 9.25. The average Bonchev–Trinajstić information content (AvgIpc) is 3.42. The fraction of sp³-hybridized carbons (Fsp3) is 0.350. The molecule has 2 fully saturated rings. The van der Waals surface area contributed by atoms with Crippen LogP contribution in [0, 0.1) is 0 Å². The van der Waals surface area contributed by atoms with Crippen LogP contribution in [-0.2, 0) is 40.1 Å². The van der Waals surface area contributed by atoms with E-state index in [0.29, 0.717) is 29.9 Å². The van der Waals surface area contributed by atoms with E-state index in [1.165, 1.54) is 7.11 Å². The lowest BCUT2D eigenvalue weighted by atomic mass is 9.91. The van der Waals surface area contributed by atoms with Gasteiger partial charge in [0, 0.05) is 19.2 Å². The van der Waals surface area contributed by atoms with Crippen molar-refractivity contribution in [3.63, 3.8) is 0 Å². The quantitative estimate of drug-likeness (QED) is 0.166. The third-order valence-corrected chi connectivity index (χ3v) is 9.25. The molecule has 4 aromatic carbocycles. The van der Waals surface area contributed by atoms with Crippen LogP contribution < -0.4 is 9.47 Å². The van der Waals surface area contributed by atoms with Crippen molar-refractivity contribution >= 4 is 12.0 Å². The van der Waals surface area contributed by atoms with Crippen LogP contribution in [0.15, 0.2) is 103 Å². The molecule has 6 rings (SSSR count). The van der Waals surface area contributed by atoms with Gasteiger partial charge < -0.3 is 33.5 Å². The summed E-state index contributed by atoms with van der Waals surface area (Å²) in [5.41, 5.74) is 4.23. The van der Waals surface area contributed by atoms with Gasteiger partial charge >= 0.3 is 12.0 Å². The molecule has 2 aliphatic rings. The predicted molar refractivity (Wildman–Crippen MR) is 186 cm³/mol. The number of carbonyl (C=O) groups excluding carboxylic acids is 2. The summed E-state index contributed by atoms with van der Waals surface area (Å²) in [6, 6.07) is 32.3. The molecule has 0 bridgehead atoms. The molecule has 9 nitrogen and oxygen atoms in total. The molecule has 256 valence electrons. The Labute approximate surface area is 288 Å². The average molecular weight is 665 g/mol. The first-order valence-corrected chi connectivity index (χ1v) is 16.6. The van der Waals surface area contributed by atoms with Crippen molar-refractivity contribution in [2.24, 2.45) is 0 Å². The number of esters is 1. The van der Waals surface area contributed by atoms with Gasteiger partial charge in [-0.25, -0.2) is 9.59 Å². The summed E-state index contributed by atoms with van der Waals surface area (Å²) in [6.45, 7) is 4.38. The molecule has 0 unspecified atom stereocenters. The van der Waals surface area contributed by atoms with E-state index in [9.17, 15) is 4.79 Å². The second kappa shape index (κ2) is 14.7.